The Morgan fingerprint density at radius 3 is 3.11 bits per heavy atom. The highest BCUT2D eigenvalue weighted by molar-refractivity contribution is 7.21. The van der Waals surface area contributed by atoms with Crippen LogP contribution >= 0.6 is 11.3 Å². The fourth-order valence-electron chi connectivity index (χ4n) is 1.92. The topological polar surface area (TPSA) is 80.9 Å². The van der Waals surface area contributed by atoms with Crippen molar-refractivity contribution in [3.8, 4) is 0 Å². The molecule has 1 amide bonds. The van der Waals surface area contributed by atoms with Crippen LogP contribution in [0.2, 0.25) is 0 Å². The Bertz CT molecular complexity index is 591. The monoisotopic (exact) mass is 262 g/mol. The van der Waals surface area contributed by atoms with Crippen molar-refractivity contribution in [3.63, 3.8) is 0 Å². The van der Waals surface area contributed by atoms with Crippen LogP contribution < -0.4 is 11.1 Å². The normalized spacial score (nSPS) is 14.9. The Hall–Kier alpha value is -1.69. The molecular formula is C12H14N4OS. The standard InChI is InChI=1S/C12H14N4OS/c13-9-8-4-6-15-16-12(8)18-10(9)11(17)14-5-3-7-1-2-7/h4,6-7H,1-3,5,13H2,(H,14,17). The summed E-state index contributed by atoms with van der Waals surface area (Å²) < 4.78 is 0. The quantitative estimate of drug-likeness (QED) is 0.880. The van der Waals surface area contributed by atoms with Crippen LogP contribution in [0.15, 0.2) is 12.3 Å². The molecule has 0 spiro atoms. The van der Waals surface area contributed by atoms with Crippen molar-refractivity contribution in [1.29, 1.82) is 0 Å². The molecule has 2 heterocycles. The molecule has 3 rings (SSSR count). The molecule has 0 aliphatic heterocycles. The lowest BCUT2D eigenvalue weighted by molar-refractivity contribution is 0.0957. The number of nitrogens with zero attached hydrogens (tertiary/aromatic N) is 2. The van der Waals surface area contributed by atoms with Gasteiger partial charge in [-0.05, 0) is 18.4 Å². The molecule has 0 aromatic carbocycles. The number of rotatable bonds is 4. The first-order valence-corrected chi connectivity index (χ1v) is 6.85. The number of hydrogen-bond acceptors (Lipinski definition) is 5. The van der Waals surface area contributed by atoms with Gasteiger partial charge in [0.05, 0.1) is 11.9 Å². The fourth-order valence-corrected chi connectivity index (χ4v) is 2.87. The van der Waals surface area contributed by atoms with Crippen molar-refractivity contribution in [2.75, 3.05) is 12.3 Å². The van der Waals surface area contributed by atoms with Gasteiger partial charge in [-0.3, -0.25) is 4.79 Å². The summed E-state index contributed by atoms with van der Waals surface area (Å²) in [6.45, 7) is 0.725. The molecule has 1 saturated carbocycles. The van der Waals surface area contributed by atoms with Crippen LogP contribution in [0.5, 0.6) is 0 Å². The van der Waals surface area contributed by atoms with E-state index in [-0.39, 0.29) is 5.91 Å². The van der Waals surface area contributed by atoms with E-state index in [0.717, 1.165) is 24.3 Å². The molecule has 1 fully saturated rings. The second kappa shape index (κ2) is 4.53. The maximum absolute atomic E-state index is 12.0. The van der Waals surface area contributed by atoms with E-state index in [1.165, 1.54) is 24.2 Å². The number of anilines is 1. The van der Waals surface area contributed by atoms with E-state index in [0.29, 0.717) is 15.4 Å². The smallest absolute Gasteiger partial charge is 0.263 e. The van der Waals surface area contributed by atoms with E-state index in [4.69, 9.17) is 5.73 Å². The van der Waals surface area contributed by atoms with Crippen LogP contribution in [-0.2, 0) is 0 Å². The minimum atomic E-state index is -0.101. The SMILES string of the molecule is Nc1c(C(=O)NCCC2CC2)sc2nnccc12. The van der Waals surface area contributed by atoms with Gasteiger partial charge in [0.1, 0.15) is 9.71 Å². The Kier molecular flexibility index (Phi) is 2.87. The summed E-state index contributed by atoms with van der Waals surface area (Å²) in [5.41, 5.74) is 6.47. The van der Waals surface area contributed by atoms with Crippen LogP contribution in [0.25, 0.3) is 10.2 Å². The van der Waals surface area contributed by atoms with E-state index in [2.05, 4.69) is 15.5 Å². The third-order valence-electron chi connectivity index (χ3n) is 3.16. The van der Waals surface area contributed by atoms with Gasteiger partial charge in [-0.1, -0.05) is 12.8 Å². The van der Waals surface area contributed by atoms with Crippen LogP contribution in [0.1, 0.15) is 28.9 Å². The number of amides is 1. The van der Waals surface area contributed by atoms with E-state index in [1.54, 1.807) is 12.3 Å². The van der Waals surface area contributed by atoms with Gasteiger partial charge in [-0.2, -0.15) is 5.10 Å². The largest absolute Gasteiger partial charge is 0.397 e. The summed E-state index contributed by atoms with van der Waals surface area (Å²) in [6.07, 6.45) is 5.25. The number of carbonyl (C=O) groups is 1. The lowest BCUT2D eigenvalue weighted by Gasteiger charge is -2.03. The summed E-state index contributed by atoms with van der Waals surface area (Å²) >= 11 is 1.30. The maximum atomic E-state index is 12.0. The number of aromatic nitrogens is 2. The molecule has 0 atom stereocenters. The average Bonchev–Trinajstić information content (AvgIpc) is 3.14. The zero-order valence-electron chi connectivity index (χ0n) is 9.85. The summed E-state index contributed by atoms with van der Waals surface area (Å²) in [5, 5.41) is 11.5. The number of thiophene rings is 1. The molecule has 5 nitrogen and oxygen atoms in total. The number of nitrogens with two attached hydrogens (primary N) is 1. The molecule has 94 valence electrons. The molecule has 18 heavy (non-hydrogen) atoms. The molecule has 3 N–H and O–H groups in total. The van der Waals surface area contributed by atoms with Crippen molar-refractivity contribution in [1.82, 2.24) is 15.5 Å². The number of carbonyl (C=O) groups excluding carboxylic acids is 1. The van der Waals surface area contributed by atoms with Crippen molar-refractivity contribution in [3.05, 3.63) is 17.1 Å². The van der Waals surface area contributed by atoms with E-state index < -0.39 is 0 Å². The number of fused-ring (bicyclic) bond motifs is 1. The summed E-state index contributed by atoms with van der Waals surface area (Å²) in [5.74, 6) is 0.715. The lowest BCUT2D eigenvalue weighted by atomic mass is 10.2. The molecule has 2 aromatic rings. The van der Waals surface area contributed by atoms with Gasteiger partial charge in [-0.15, -0.1) is 16.4 Å². The molecule has 0 unspecified atom stereocenters. The summed E-state index contributed by atoms with van der Waals surface area (Å²) in [6, 6.07) is 1.79. The minimum absolute atomic E-state index is 0.101. The van der Waals surface area contributed by atoms with Crippen LogP contribution in [0.3, 0.4) is 0 Å². The second-order valence-electron chi connectivity index (χ2n) is 4.58. The molecule has 0 saturated heterocycles. The molecule has 1 aliphatic rings. The van der Waals surface area contributed by atoms with Crippen molar-refractivity contribution < 1.29 is 4.79 Å². The molecular weight excluding hydrogens is 248 g/mol. The maximum Gasteiger partial charge on any atom is 0.263 e. The van der Waals surface area contributed by atoms with Crippen molar-refractivity contribution in [2.45, 2.75) is 19.3 Å². The van der Waals surface area contributed by atoms with Crippen LogP contribution in [0.4, 0.5) is 5.69 Å². The summed E-state index contributed by atoms with van der Waals surface area (Å²) in [4.78, 5) is 13.3. The average molecular weight is 262 g/mol. The van der Waals surface area contributed by atoms with Gasteiger partial charge in [0.25, 0.3) is 5.91 Å². The van der Waals surface area contributed by atoms with Gasteiger partial charge < -0.3 is 11.1 Å². The molecule has 0 radical (unpaired) electrons. The van der Waals surface area contributed by atoms with Gasteiger partial charge in [0.2, 0.25) is 0 Å². The molecule has 0 bridgehead atoms. The van der Waals surface area contributed by atoms with Crippen LogP contribution in [0, 0.1) is 5.92 Å². The Morgan fingerprint density at radius 2 is 2.39 bits per heavy atom. The first kappa shape index (κ1) is 11.4. The third-order valence-corrected chi connectivity index (χ3v) is 4.27. The zero-order valence-corrected chi connectivity index (χ0v) is 10.7. The lowest BCUT2D eigenvalue weighted by Crippen LogP contribution is -2.24. The van der Waals surface area contributed by atoms with Gasteiger partial charge in [-0.25, -0.2) is 0 Å². The number of hydrogen-bond donors (Lipinski definition) is 2. The summed E-state index contributed by atoms with van der Waals surface area (Å²) in [7, 11) is 0. The first-order chi connectivity index (χ1) is 8.75. The zero-order chi connectivity index (χ0) is 12.5. The fraction of sp³-hybridized carbons (Fsp3) is 0.417. The Balaban J connectivity index is 1.75. The van der Waals surface area contributed by atoms with Gasteiger partial charge in [0.15, 0.2) is 0 Å². The Morgan fingerprint density at radius 1 is 1.56 bits per heavy atom. The third kappa shape index (κ3) is 2.15. The van der Waals surface area contributed by atoms with Gasteiger partial charge in [0, 0.05) is 11.9 Å². The Labute approximate surface area is 108 Å². The van der Waals surface area contributed by atoms with E-state index in [9.17, 15) is 4.79 Å². The second-order valence-corrected chi connectivity index (χ2v) is 5.58. The number of nitrogens with one attached hydrogen (secondary N) is 1. The van der Waals surface area contributed by atoms with Crippen LogP contribution in [-0.4, -0.2) is 22.6 Å². The highest BCUT2D eigenvalue weighted by Crippen LogP contribution is 2.33. The minimum Gasteiger partial charge on any atom is -0.397 e. The highest BCUT2D eigenvalue weighted by Gasteiger charge is 2.21. The predicted molar refractivity (Wildman–Crippen MR) is 71.5 cm³/mol. The van der Waals surface area contributed by atoms with Crippen molar-refractivity contribution >= 4 is 33.1 Å². The van der Waals surface area contributed by atoms with E-state index >= 15 is 0 Å². The molecule has 6 heteroatoms. The van der Waals surface area contributed by atoms with E-state index in [1.807, 2.05) is 0 Å². The predicted octanol–water partition coefficient (Wildman–Crippen LogP) is 1.80. The first-order valence-electron chi connectivity index (χ1n) is 6.03. The van der Waals surface area contributed by atoms with Crippen molar-refractivity contribution in [2.24, 2.45) is 5.92 Å². The highest BCUT2D eigenvalue weighted by atomic mass is 32.1. The molecule has 1 aliphatic carbocycles. The van der Waals surface area contributed by atoms with Gasteiger partial charge >= 0.3 is 0 Å². The molecule has 2 aromatic heterocycles. The number of nitrogen functional groups attached to an aromatic ring is 1.